The van der Waals surface area contributed by atoms with Gasteiger partial charge in [-0.3, -0.25) is 4.79 Å². The molecule has 2 N–H and O–H groups in total. The summed E-state index contributed by atoms with van der Waals surface area (Å²) >= 11 is 0. The molecule has 6 nitrogen and oxygen atoms in total. The van der Waals surface area contributed by atoms with Crippen molar-refractivity contribution >= 4 is 5.78 Å². The van der Waals surface area contributed by atoms with Gasteiger partial charge in [-0.1, -0.05) is 18.2 Å². The molecule has 0 spiro atoms. The number of aliphatic hydroxyl groups excluding tert-OH is 1. The van der Waals surface area contributed by atoms with Gasteiger partial charge in [0.2, 0.25) is 5.78 Å². The summed E-state index contributed by atoms with van der Waals surface area (Å²) in [7, 11) is 4.33. The number of rotatable bonds is 7. The monoisotopic (exact) mass is 332 g/mol. The number of aromatic hydroxyl groups is 1. The number of hydrogen-bond acceptors (Lipinski definition) is 6. The van der Waals surface area contributed by atoms with Crippen LogP contribution in [0.4, 0.5) is 0 Å². The van der Waals surface area contributed by atoms with Gasteiger partial charge in [-0.25, -0.2) is 0 Å². The summed E-state index contributed by atoms with van der Waals surface area (Å²) in [4.78, 5) is 12.6. The van der Waals surface area contributed by atoms with Gasteiger partial charge >= 0.3 is 0 Å². The molecule has 0 radical (unpaired) electrons. The molecule has 2 aromatic rings. The molecule has 0 saturated carbocycles. The van der Waals surface area contributed by atoms with Gasteiger partial charge in [0, 0.05) is 7.11 Å². The number of ketones is 1. The number of methoxy groups -OCH3 is 3. The Morgan fingerprint density at radius 1 is 1.00 bits per heavy atom. The van der Waals surface area contributed by atoms with Crippen LogP contribution in [0.3, 0.4) is 0 Å². The summed E-state index contributed by atoms with van der Waals surface area (Å²) in [5, 5.41) is 20.4. The average Bonchev–Trinajstić information content (AvgIpc) is 2.61. The quantitative estimate of drug-likeness (QED) is 0.757. The van der Waals surface area contributed by atoms with E-state index in [0.717, 1.165) is 0 Å². The number of hydrogen-bond donors (Lipinski definition) is 2. The zero-order valence-corrected chi connectivity index (χ0v) is 13.7. The van der Waals surface area contributed by atoms with Gasteiger partial charge in [-0.2, -0.15) is 0 Å². The molecule has 128 valence electrons. The van der Waals surface area contributed by atoms with Crippen molar-refractivity contribution in [1.82, 2.24) is 0 Å². The number of phenols is 1. The topological polar surface area (TPSA) is 85.2 Å². The van der Waals surface area contributed by atoms with E-state index >= 15 is 0 Å². The fourth-order valence-corrected chi connectivity index (χ4v) is 2.46. The SMILES string of the molecule is COc1ccc([C@H](OC)[C@H](O)C(=O)c2c(O)cccc2OC)cc1. The number of ether oxygens (including phenoxy) is 3. The predicted molar refractivity (Wildman–Crippen MR) is 87.7 cm³/mol. The smallest absolute Gasteiger partial charge is 0.201 e. The highest BCUT2D eigenvalue weighted by molar-refractivity contribution is 6.04. The molecule has 0 amide bonds. The first-order valence-electron chi connectivity index (χ1n) is 7.28. The van der Waals surface area contributed by atoms with E-state index in [1.807, 2.05) is 0 Å². The van der Waals surface area contributed by atoms with Crippen LogP contribution in [0, 0.1) is 0 Å². The highest BCUT2D eigenvalue weighted by atomic mass is 16.5. The van der Waals surface area contributed by atoms with Gasteiger partial charge in [0.15, 0.2) is 0 Å². The maximum Gasteiger partial charge on any atom is 0.201 e. The van der Waals surface area contributed by atoms with Crippen molar-refractivity contribution in [3.05, 3.63) is 53.6 Å². The van der Waals surface area contributed by atoms with Gasteiger partial charge in [0.1, 0.15) is 35.0 Å². The van der Waals surface area contributed by atoms with Crippen LogP contribution in [0.15, 0.2) is 42.5 Å². The Labute approximate surface area is 140 Å². The fourth-order valence-electron chi connectivity index (χ4n) is 2.46. The summed E-state index contributed by atoms with van der Waals surface area (Å²) in [6.07, 6.45) is -2.40. The lowest BCUT2D eigenvalue weighted by molar-refractivity contribution is -0.00457. The first-order chi connectivity index (χ1) is 11.5. The van der Waals surface area contributed by atoms with Crippen LogP contribution in [-0.4, -0.2) is 43.4 Å². The van der Waals surface area contributed by atoms with Gasteiger partial charge in [0.05, 0.1) is 14.2 Å². The van der Waals surface area contributed by atoms with E-state index in [-0.39, 0.29) is 17.1 Å². The average molecular weight is 332 g/mol. The molecule has 0 aromatic heterocycles. The van der Waals surface area contributed by atoms with Crippen molar-refractivity contribution in [3.63, 3.8) is 0 Å². The molecule has 0 unspecified atom stereocenters. The number of Topliss-reactive ketones (excluding diaryl/α,β-unsaturated/α-hetero) is 1. The van der Waals surface area contributed by atoms with Crippen LogP contribution < -0.4 is 9.47 Å². The number of benzene rings is 2. The van der Waals surface area contributed by atoms with E-state index in [0.29, 0.717) is 11.3 Å². The zero-order chi connectivity index (χ0) is 17.7. The minimum atomic E-state index is -1.51. The first-order valence-corrected chi connectivity index (χ1v) is 7.28. The normalized spacial score (nSPS) is 13.2. The molecule has 6 heteroatoms. The van der Waals surface area contributed by atoms with E-state index < -0.39 is 18.0 Å². The Balaban J connectivity index is 2.34. The number of carbonyl (C=O) groups is 1. The lowest BCUT2D eigenvalue weighted by Gasteiger charge is -2.22. The van der Waals surface area contributed by atoms with Gasteiger partial charge in [-0.15, -0.1) is 0 Å². The molecule has 0 aliphatic rings. The molecule has 0 heterocycles. The molecular formula is C18H20O6. The van der Waals surface area contributed by atoms with Gasteiger partial charge < -0.3 is 24.4 Å². The molecular weight excluding hydrogens is 312 g/mol. The molecule has 2 rings (SSSR count). The molecule has 24 heavy (non-hydrogen) atoms. The fraction of sp³-hybridized carbons (Fsp3) is 0.278. The zero-order valence-electron chi connectivity index (χ0n) is 13.7. The highest BCUT2D eigenvalue weighted by Gasteiger charge is 2.32. The van der Waals surface area contributed by atoms with Crippen molar-refractivity contribution in [1.29, 1.82) is 0 Å². The molecule has 0 aliphatic heterocycles. The van der Waals surface area contributed by atoms with Crippen LogP contribution in [0.5, 0.6) is 17.2 Å². The van der Waals surface area contributed by atoms with Crippen LogP contribution in [0.1, 0.15) is 22.0 Å². The summed E-state index contributed by atoms with van der Waals surface area (Å²) in [5.74, 6) is -0.115. The second kappa shape index (κ2) is 7.81. The highest BCUT2D eigenvalue weighted by Crippen LogP contribution is 2.32. The lowest BCUT2D eigenvalue weighted by atomic mass is 9.96. The Hall–Kier alpha value is -2.57. The summed E-state index contributed by atoms with van der Waals surface area (Å²) in [6, 6.07) is 11.3. The van der Waals surface area contributed by atoms with E-state index in [2.05, 4.69) is 0 Å². The minimum absolute atomic E-state index is 0.0805. The van der Waals surface area contributed by atoms with Gasteiger partial charge in [-0.05, 0) is 29.8 Å². The Morgan fingerprint density at radius 2 is 1.67 bits per heavy atom. The van der Waals surface area contributed by atoms with Crippen LogP contribution in [0.25, 0.3) is 0 Å². The molecule has 0 aliphatic carbocycles. The summed E-state index contributed by atoms with van der Waals surface area (Å²) < 4.78 is 15.5. The second-order valence-electron chi connectivity index (χ2n) is 5.09. The Kier molecular flexibility index (Phi) is 5.78. The number of carbonyl (C=O) groups excluding carboxylic acids is 1. The lowest BCUT2D eigenvalue weighted by Crippen LogP contribution is -2.29. The van der Waals surface area contributed by atoms with Crippen LogP contribution in [-0.2, 0) is 4.74 Å². The van der Waals surface area contributed by atoms with E-state index in [1.54, 1.807) is 37.4 Å². The van der Waals surface area contributed by atoms with Crippen LogP contribution in [0.2, 0.25) is 0 Å². The van der Waals surface area contributed by atoms with E-state index in [9.17, 15) is 15.0 Å². The molecule has 0 bridgehead atoms. The molecule has 0 saturated heterocycles. The predicted octanol–water partition coefficient (Wildman–Crippen LogP) is 2.34. The van der Waals surface area contributed by atoms with Crippen molar-refractivity contribution in [2.24, 2.45) is 0 Å². The maximum atomic E-state index is 12.6. The number of phenolic OH excluding ortho intramolecular Hbond substituents is 1. The third-order valence-corrected chi connectivity index (χ3v) is 3.72. The Morgan fingerprint density at radius 3 is 2.21 bits per heavy atom. The third-order valence-electron chi connectivity index (χ3n) is 3.72. The largest absolute Gasteiger partial charge is 0.507 e. The van der Waals surface area contributed by atoms with E-state index in [1.165, 1.54) is 26.4 Å². The Bertz CT molecular complexity index is 695. The first kappa shape index (κ1) is 17.8. The van der Waals surface area contributed by atoms with Crippen molar-refractivity contribution in [2.75, 3.05) is 21.3 Å². The molecule has 2 atom stereocenters. The van der Waals surface area contributed by atoms with Crippen molar-refractivity contribution in [2.45, 2.75) is 12.2 Å². The number of aliphatic hydroxyl groups is 1. The third kappa shape index (κ3) is 3.50. The van der Waals surface area contributed by atoms with Gasteiger partial charge in [0.25, 0.3) is 0 Å². The summed E-state index contributed by atoms with van der Waals surface area (Å²) in [6.45, 7) is 0. The standard InChI is InChI=1S/C18H20O6/c1-22-12-9-7-11(8-10-12)18(24-3)17(21)16(20)15-13(19)5-4-6-14(15)23-2/h4-10,17-19,21H,1-3H3/t17-,18+/m1/s1. The van der Waals surface area contributed by atoms with Crippen molar-refractivity contribution in [3.8, 4) is 17.2 Å². The maximum absolute atomic E-state index is 12.6. The minimum Gasteiger partial charge on any atom is -0.507 e. The molecule has 2 aromatic carbocycles. The van der Waals surface area contributed by atoms with Crippen molar-refractivity contribution < 1.29 is 29.2 Å². The summed E-state index contributed by atoms with van der Waals surface area (Å²) in [5.41, 5.74) is 0.525. The molecule has 0 fully saturated rings. The second-order valence-corrected chi connectivity index (χ2v) is 5.09. The van der Waals surface area contributed by atoms with Crippen LogP contribution >= 0.6 is 0 Å². The van der Waals surface area contributed by atoms with E-state index in [4.69, 9.17) is 14.2 Å².